The zero-order valence-electron chi connectivity index (χ0n) is 20.9. The van der Waals surface area contributed by atoms with E-state index in [4.69, 9.17) is 10.1 Å². The second-order valence-corrected chi connectivity index (χ2v) is 7.31. The van der Waals surface area contributed by atoms with Gasteiger partial charge in [-0.2, -0.15) is 18.2 Å². The van der Waals surface area contributed by atoms with E-state index in [1.54, 1.807) is 6.08 Å². The summed E-state index contributed by atoms with van der Waals surface area (Å²) >= 11 is 0. The van der Waals surface area contributed by atoms with Crippen LogP contribution >= 0.6 is 0 Å². The fourth-order valence-electron chi connectivity index (χ4n) is 2.92. The number of nitrogens with one attached hydrogen (secondary N) is 1. The maximum absolute atomic E-state index is 11.9. The molecular formula is C25H41F2N3NaO-. The van der Waals surface area contributed by atoms with Crippen LogP contribution in [0.4, 0.5) is 8.78 Å². The van der Waals surface area contributed by atoms with Crippen molar-refractivity contribution in [1.29, 1.82) is 5.41 Å². The van der Waals surface area contributed by atoms with Crippen molar-refractivity contribution in [2.24, 2.45) is 0 Å². The normalized spacial score (nSPS) is 13.3. The Morgan fingerprint density at radius 1 is 1.12 bits per heavy atom. The van der Waals surface area contributed by atoms with Crippen LogP contribution in [-0.2, 0) is 4.74 Å². The minimum absolute atomic E-state index is 0. The first-order valence-electron chi connectivity index (χ1n) is 11.4. The molecule has 1 aromatic rings. The van der Waals surface area contributed by atoms with Gasteiger partial charge < -0.3 is 15.0 Å². The predicted molar refractivity (Wildman–Crippen MR) is 125 cm³/mol. The van der Waals surface area contributed by atoms with Gasteiger partial charge in [0.1, 0.15) is 0 Å². The molecule has 1 aliphatic rings. The van der Waals surface area contributed by atoms with E-state index in [1.807, 2.05) is 6.92 Å². The number of amidine groups is 1. The summed E-state index contributed by atoms with van der Waals surface area (Å²) in [4.78, 5) is 4.58. The van der Waals surface area contributed by atoms with E-state index in [0.29, 0.717) is 5.84 Å². The average molecular weight is 461 g/mol. The molecule has 1 heterocycles. The molecule has 0 unspecified atom stereocenters. The summed E-state index contributed by atoms with van der Waals surface area (Å²) in [6.45, 7) is 15.7. The smallest absolute Gasteiger partial charge is 0.434 e. The van der Waals surface area contributed by atoms with Crippen LogP contribution in [0.25, 0.3) is 0 Å². The van der Waals surface area contributed by atoms with Crippen molar-refractivity contribution >= 4 is 5.84 Å². The molecule has 0 atom stereocenters. The molecule has 7 heteroatoms. The Hall–Kier alpha value is -0.790. The predicted octanol–water partition coefficient (Wildman–Crippen LogP) is 2.74. The Labute approximate surface area is 217 Å². The van der Waals surface area contributed by atoms with Gasteiger partial charge in [0.15, 0.2) is 0 Å². The van der Waals surface area contributed by atoms with E-state index in [1.165, 1.54) is 31.9 Å². The Bertz CT molecular complexity index is 569. The number of unbranched alkanes of at least 4 members (excludes halogenated alkanes) is 2. The molecule has 0 amide bonds. The Morgan fingerprint density at radius 2 is 1.75 bits per heavy atom. The Morgan fingerprint density at radius 3 is 2.19 bits per heavy atom. The molecule has 0 radical (unpaired) electrons. The van der Waals surface area contributed by atoms with Crippen molar-refractivity contribution in [1.82, 2.24) is 9.80 Å². The van der Waals surface area contributed by atoms with E-state index >= 15 is 0 Å². The third kappa shape index (κ3) is 17.7. The molecule has 0 aliphatic carbocycles. The number of morpholine rings is 1. The van der Waals surface area contributed by atoms with Crippen molar-refractivity contribution in [3.05, 3.63) is 48.1 Å². The molecular weight excluding hydrogens is 419 g/mol. The molecule has 0 aromatic heterocycles. The van der Waals surface area contributed by atoms with E-state index < -0.39 is 11.6 Å². The van der Waals surface area contributed by atoms with Gasteiger partial charge in [-0.1, -0.05) is 33.6 Å². The van der Waals surface area contributed by atoms with Gasteiger partial charge in [0.2, 0.25) is 0 Å². The second-order valence-electron chi connectivity index (χ2n) is 7.31. The number of hydrogen-bond acceptors (Lipinski definition) is 3. The summed E-state index contributed by atoms with van der Waals surface area (Å²) in [6, 6.07) is 5.68. The van der Waals surface area contributed by atoms with Crippen molar-refractivity contribution < 1.29 is 43.1 Å². The molecule has 1 aromatic carbocycles. The van der Waals surface area contributed by atoms with Gasteiger partial charge in [0, 0.05) is 37.8 Å². The first-order chi connectivity index (χ1) is 15.0. The summed E-state index contributed by atoms with van der Waals surface area (Å²) in [6.07, 6.45) is 10.8. The molecule has 178 valence electrons. The van der Waals surface area contributed by atoms with Gasteiger partial charge >= 0.3 is 29.6 Å². The summed E-state index contributed by atoms with van der Waals surface area (Å²) in [5, 5.41) is 7.66. The van der Waals surface area contributed by atoms with Gasteiger partial charge in [0.05, 0.1) is 13.2 Å². The molecule has 2 rings (SSSR count). The van der Waals surface area contributed by atoms with Crippen LogP contribution in [0.1, 0.15) is 59.8 Å². The third-order valence-corrected chi connectivity index (χ3v) is 4.55. The zero-order chi connectivity index (χ0) is 23.3. The van der Waals surface area contributed by atoms with Crippen LogP contribution in [0, 0.1) is 29.2 Å². The van der Waals surface area contributed by atoms with Gasteiger partial charge in [-0.15, -0.1) is 19.1 Å². The van der Waals surface area contributed by atoms with Crippen LogP contribution < -0.4 is 29.6 Å². The minimum Gasteiger partial charge on any atom is -0.434 e. The van der Waals surface area contributed by atoms with Crippen LogP contribution in [0.15, 0.2) is 24.3 Å². The van der Waals surface area contributed by atoms with Crippen LogP contribution in [0.2, 0.25) is 0 Å². The second kappa shape index (κ2) is 23.4. The van der Waals surface area contributed by atoms with Gasteiger partial charge in [0.25, 0.3) is 0 Å². The van der Waals surface area contributed by atoms with Crippen molar-refractivity contribution in [3.63, 3.8) is 0 Å². The van der Waals surface area contributed by atoms with Crippen LogP contribution in [0.5, 0.6) is 0 Å². The number of hydrogen-bond donors (Lipinski definition) is 1. The quantitative estimate of drug-likeness (QED) is 0.203. The third-order valence-electron chi connectivity index (χ3n) is 4.55. The minimum atomic E-state index is -0.854. The van der Waals surface area contributed by atoms with E-state index in [2.05, 4.69) is 42.7 Å². The molecule has 0 bridgehead atoms. The van der Waals surface area contributed by atoms with Gasteiger partial charge in [-0.3, -0.25) is 15.4 Å². The molecule has 1 aliphatic heterocycles. The summed E-state index contributed by atoms with van der Waals surface area (Å²) in [5.74, 6) is -1.10. The number of ether oxygens (including phenoxy) is 1. The largest absolute Gasteiger partial charge is 1.00 e. The van der Waals surface area contributed by atoms with Gasteiger partial charge in [-0.05, 0) is 31.6 Å². The number of allylic oxidation sites excluding steroid dienone is 1. The monoisotopic (exact) mass is 460 g/mol. The molecule has 4 nitrogen and oxygen atoms in total. The molecule has 32 heavy (non-hydrogen) atoms. The Balaban J connectivity index is 0. The standard InChI is InChI=1S/C10H19N2.C9H19NO.C6H3F2.Na/c1-4-7-10(11)12(8-5-2)9-6-3;1-2-3-4-5-10-6-8-11-9-7-10;7-5-3-1-2-4-6(5)8;/h7,11H,5-6,8-9H2,1-3H3;2-9H2,1H3;1,3-4H;/q-1;;-1;+1. The van der Waals surface area contributed by atoms with E-state index in [9.17, 15) is 8.78 Å². The molecule has 0 spiro atoms. The SMILES string of the molecule is CCCCCN1CCOCC1.C[C-]=CC(=N)N(CCC)CCC.Fc1c[c-]ccc1F.[Na+]. The first kappa shape index (κ1) is 33.4. The van der Waals surface area contributed by atoms with E-state index in [-0.39, 0.29) is 29.6 Å². The summed E-state index contributed by atoms with van der Waals surface area (Å²) in [5.41, 5.74) is 0. The number of halogens is 2. The van der Waals surface area contributed by atoms with Gasteiger partial charge in [-0.25, -0.2) is 4.39 Å². The van der Waals surface area contributed by atoms with Crippen LogP contribution in [0.3, 0.4) is 0 Å². The molecule has 1 saturated heterocycles. The first-order valence-corrected chi connectivity index (χ1v) is 11.4. The molecule has 1 N–H and O–H groups in total. The maximum Gasteiger partial charge on any atom is 1.00 e. The number of rotatable bonds is 9. The topological polar surface area (TPSA) is 39.6 Å². The van der Waals surface area contributed by atoms with Crippen molar-refractivity contribution in [2.75, 3.05) is 45.9 Å². The number of nitrogens with zero attached hydrogens (tertiary/aromatic N) is 2. The van der Waals surface area contributed by atoms with Crippen LogP contribution in [-0.4, -0.2) is 61.6 Å². The fourth-order valence-corrected chi connectivity index (χ4v) is 2.92. The number of benzene rings is 1. The van der Waals surface area contributed by atoms with Crippen molar-refractivity contribution in [2.45, 2.75) is 59.8 Å². The average Bonchev–Trinajstić information content (AvgIpc) is 2.78. The fraction of sp³-hybridized carbons (Fsp3) is 0.640. The zero-order valence-corrected chi connectivity index (χ0v) is 22.9. The Kier molecular flexibility index (Phi) is 24.4. The summed E-state index contributed by atoms with van der Waals surface area (Å²) in [7, 11) is 0. The van der Waals surface area contributed by atoms with E-state index in [0.717, 1.165) is 64.4 Å². The van der Waals surface area contributed by atoms with Crippen molar-refractivity contribution in [3.8, 4) is 0 Å². The summed E-state index contributed by atoms with van der Waals surface area (Å²) < 4.78 is 29.1. The molecule has 0 saturated carbocycles. The molecule has 1 fully saturated rings. The maximum atomic E-state index is 11.9.